The molecule has 2 atom stereocenters. The number of aliphatic hydroxyl groups excluding tert-OH is 1. The second kappa shape index (κ2) is 18.2. The molecule has 5 N–H and O–H groups in total. The van der Waals surface area contributed by atoms with E-state index >= 15 is 0 Å². The van der Waals surface area contributed by atoms with Gasteiger partial charge in [0.15, 0.2) is 0 Å². The molecule has 0 aliphatic heterocycles. The van der Waals surface area contributed by atoms with Crippen molar-refractivity contribution in [3.8, 4) is 17.2 Å². The van der Waals surface area contributed by atoms with Crippen molar-refractivity contribution in [1.29, 1.82) is 0 Å². The lowest BCUT2D eigenvalue weighted by molar-refractivity contribution is 0.170. The maximum absolute atomic E-state index is 11.5. The summed E-state index contributed by atoms with van der Waals surface area (Å²) in [5.74, 6) is 0.971. The van der Waals surface area contributed by atoms with Crippen molar-refractivity contribution in [2.75, 3.05) is 37.2 Å². The van der Waals surface area contributed by atoms with E-state index in [1.54, 1.807) is 6.07 Å². The van der Waals surface area contributed by atoms with Crippen LogP contribution in [0.5, 0.6) is 17.2 Å². The van der Waals surface area contributed by atoms with E-state index in [-0.39, 0.29) is 23.9 Å². The Kier molecular flexibility index (Phi) is 14.1. The summed E-state index contributed by atoms with van der Waals surface area (Å²) in [4.78, 5) is 2.50. The Hall–Kier alpha value is -4.09. The molecule has 2 unspecified atom stereocenters. The number of ether oxygens (including phenoxy) is 1. The Balaban J connectivity index is 1.28. The highest BCUT2D eigenvalue weighted by atomic mass is 32.2. The lowest BCUT2D eigenvalue weighted by Crippen LogP contribution is -2.38. The minimum absolute atomic E-state index is 0.0294. The first-order valence-electron chi connectivity index (χ1n) is 17.3. The predicted octanol–water partition coefficient (Wildman–Crippen LogP) is 6.60. The summed E-state index contributed by atoms with van der Waals surface area (Å²) in [5.41, 5.74) is 4.90. The van der Waals surface area contributed by atoms with Gasteiger partial charge in [0.25, 0.3) is 0 Å². The Morgan fingerprint density at radius 3 is 2.10 bits per heavy atom. The highest BCUT2D eigenvalue weighted by Crippen LogP contribution is 2.35. The molecule has 0 aliphatic carbocycles. The molecule has 0 aliphatic rings. The SMILES string of the molecule is CC(C)N(CCC(c1ccccc1)c1cc(CCOc2ccc(CCNCC(O)c3ccc(O)c(NS(C)(=O)=O)c3)cc2)ccc1O)C(C)C. The molecule has 50 heavy (non-hydrogen) atoms. The van der Waals surface area contributed by atoms with Crippen LogP contribution in [0.4, 0.5) is 5.69 Å². The highest BCUT2D eigenvalue weighted by Gasteiger charge is 2.22. The molecule has 0 spiro atoms. The third-order valence-corrected chi connectivity index (χ3v) is 9.47. The van der Waals surface area contributed by atoms with Gasteiger partial charge in [0.05, 0.1) is 24.7 Å². The van der Waals surface area contributed by atoms with Crippen molar-refractivity contribution in [3.63, 3.8) is 0 Å². The second-order valence-corrected chi connectivity index (χ2v) is 15.2. The largest absolute Gasteiger partial charge is 0.508 e. The quantitative estimate of drug-likeness (QED) is 0.0546. The molecule has 9 nitrogen and oxygen atoms in total. The zero-order chi connectivity index (χ0) is 36.3. The van der Waals surface area contributed by atoms with Crippen molar-refractivity contribution in [2.45, 2.75) is 71.1 Å². The number of nitrogens with zero attached hydrogens (tertiary/aromatic N) is 1. The summed E-state index contributed by atoms with van der Waals surface area (Å²) in [6.07, 6.45) is 2.48. The summed E-state index contributed by atoms with van der Waals surface area (Å²) in [6, 6.07) is 29.5. The van der Waals surface area contributed by atoms with Gasteiger partial charge in [0, 0.05) is 36.5 Å². The fourth-order valence-corrected chi connectivity index (χ4v) is 6.85. The van der Waals surface area contributed by atoms with Crippen LogP contribution in [0.3, 0.4) is 0 Å². The molecule has 0 radical (unpaired) electrons. The predicted molar refractivity (Wildman–Crippen MR) is 202 cm³/mol. The topological polar surface area (TPSA) is 131 Å². The van der Waals surface area contributed by atoms with E-state index in [0.29, 0.717) is 43.0 Å². The van der Waals surface area contributed by atoms with E-state index < -0.39 is 16.1 Å². The number of anilines is 1. The van der Waals surface area contributed by atoms with Crippen LogP contribution in [0.25, 0.3) is 0 Å². The van der Waals surface area contributed by atoms with Crippen molar-refractivity contribution in [2.24, 2.45) is 0 Å². The maximum atomic E-state index is 11.5. The number of aromatic hydroxyl groups is 2. The lowest BCUT2D eigenvalue weighted by Gasteiger charge is -2.32. The Labute approximate surface area is 298 Å². The molecule has 4 aromatic rings. The number of rotatable bonds is 19. The summed E-state index contributed by atoms with van der Waals surface area (Å²) < 4.78 is 31.4. The van der Waals surface area contributed by atoms with Crippen LogP contribution in [0.2, 0.25) is 0 Å². The van der Waals surface area contributed by atoms with Crippen LogP contribution in [0, 0.1) is 0 Å². The van der Waals surface area contributed by atoms with Gasteiger partial charge in [-0.3, -0.25) is 9.62 Å². The number of phenolic OH excluding ortho intramolecular Hbond substituents is 2. The van der Waals surface area contributed by atoms with Crippen LogP contribution < -0.4 is 14.8 Å². The fourth-order valence-electron chi connectivity index (χ4n) is 6.29. The molecule has 10 heteroatoms. The maximum Gasteiger partial charge on any atom is 0.229 e. The van der Waals surface area contributed by atoms with Gasteiger partial charge in [-0.1, -0.05) is 60.7 Å². The van der Waals surface area contributed by atoms with Crippen molar-refractivity contribution < 1.29 is 28.5 Å². The van der Waals surface area contributed by atoms with E-state index in [0.717, 1.165) is 48.1 Å². The summed E-state index contributed by atoms with van der Waals surface area (Å²) in [6.45, 7) is 11.3. The molecular formula is C40H53N3O6S. The van der Waals surface area contributed by atoms with E-state index in [2.05, 4.69) is 73.0 Å². The zero-order valence-electron chi connectivity index (χ0n) is 29.8. The first kappa shape index (κ1) is 38.7. The Bertz CT molecular complexity index is 1740. The van der Waals surface area contributed by atoms with Gasteiger partial charge in [-0.2, -0.15) is 0 Å². The van der Waals surface area contributed by atoms with Crippen molar-refractivity contribution in [1.82, 2.24) is 10.2 Å². The number of benzene rings is 4. The first-order valence-corrected chi connectivity index (χ1v) is 19.2. The van der Waals surface area contributed by atoms with Gasteiger partial charge in [-0.25, -0.2) is 8.42 Å². The molecule has 0 saturated carbocycles. The highest BCUT2D eigenvalue weighted by molar-refractivity contribution is 7.92. The fraction of sp³-hybridized carbons (Fsp3) is 0.400. The number of hydrogen-bond acceptors (Lipinski definition) is 8. The molecule has 0 saturated heterocycles. The molecule has 270 valence electrons. The van der Waals surface area contributed by atoms with Gasteiger partial charge < -0.3 is 25.4 Å². The second-order valence-electron chi connectivity index (χ2n) is 13.4. The number of nitrogens with one attached hydrogen (secondary N) is 2. The van der Waals surface area contributed by atoms with Crippen LogP contribution in [0.15, 0.2) is 91.0 Å². The number of hydrogen-bond donors (Lipinski definition) is 5. The van der Waals surface area contributed by atoms with Gasteiger partial charge in [0.2, 0.25) is 10.0 Å². The van der Waals surface area contributed by atoms with Crippen LogP contribution >= 0.6 is 0 Å². The number of aliphatic hydroxyl groups is 1. The average molecular weight is 704 g/mol. The van der Waals surface area contributed by atoms with E-state index in [4.69, 9.17) is 4.74 Å². The Morgan fingerprint density at radius 2 is 1.44 bits per heavy atom. The normalized spacial score (nSPS) is 13.1. The minimum atomic E-state index is -3.56. The molecular weight excluding hydrogens is 651 g/mol. The van der Waals surface area contributed by atoms with Crippen LogP contribution in [-0.2, 0) is 22.9 Å². The van der Waals surface area contributed by atoms with Crippen LogP contribution in [0.1, 0.15) is 74.0 Å². The molecule has 4 rings (SSSR count). The standard InChI is InChI=1S/C40H53N3O6S/c1-28(2)43(29(3)4)23-20-35(32-9-7-6-8-10-32)36-25-31(13-17-38(36)44)21-24-49-34-15-11-30(12-16-34)19-22-41-27-40(46)33-14-18-39(45)37(26-33)42-50(5,47)48/h6-18,25-26,28-29,35,40-42,44-46H,19-24,27H2,1-5H3. The van der Waals surface area contributed by atoms with Crippen molar-refractivity contribution >= 4 is 15.7 Å². The number of sulfonamides is 1. The first-order chi connectivity index (χ1) is 23.8. The monoisotopic (exact) mass is 703 g/mol. The molecule has 0 aromatic heterocycles. The molecule has 0 fully saturated rings. The molecule has 4 aromatic carbocycles. The number of phenols is 2. The third kappa shape index (κ3) is 11.8. The minimum Gasteiger partial charge on any atom is -0.508 e. The van der Waals surface area contributed by atoms with E-state index in [9.17, 15) is 23.7 Å². The summed E-state index contributed by atoms with van der Waals surface area (Å²) in [7, 11) is -3.56. The zero-order valence-corrected chi connectivity index (χ0v) is 30.7. The van der Waals surface area contributed by atoms with Crippen molar-refractivity contribution in [3.05, 3.63) is 119 Å². The van der Waals surface area contributed by atoms with E-state index in [1.165, 1.54) is 17.7 Å². The van der Waals surface area contributed by atoms with E-state index in [1.807, 2.05) is 42.5 Å². The molecule has 0 amide bonds. The van der Waals surface area contributed by atoms with Gasteiger partial charge >= 0.3 is 0 Å². The average Bonchev–Trinajstić information content (AvgIpc) is 3.07. The lowest BCUT2D eigenvalue weighted by atomic mass is 9.86. The summed E-state index contributed by atoms with van der Waals surface area (Å²) >= 11 is 0. The third-order valence-electron chi connectivity index (χ3n) is 8.88. The summed E-state index contributed by atoms with van der Waals surface area (Å²) in [5, 5.41) is 34.7. The molecule has 0 heterocycles. The molecule has 0 bridgehead atoms. The van der Waals surface area contributed by atoms with Gasteiger partial charge in [-0.15, -0.1) is 0 Å². The smallest absolute Gasteiger partial charge is 0.229 e. The van der Waals surface area contributed by atoms with Crippen LogP contribution in [-0.4, -0.2) is 73.2 Å². The van der Waals surface area contributed by atoms with Gasteiger partial charge in [0.1, 0.15) is 17.2 Å². The van der Waals surface area contributed by atoms with Gasteiger partial charge in [-0.05, 0) is 106 Å². The Morgan fingerprint density at radius 1 is 0.780 bits per heavy atom.